The first-order valence-electron chi connectivity index (χ1n) is 11.6. The molecule has 1 atom stereocenters. The molecule has 2 N–H and O–H groups in total. The molecule has 0 amide bonds. The van der Waals surface area contributed by atoms with E-state index in [1.807, 2.05) is 6.92 Å². The maximum Gasteiger partial charge on any atom is 0.327 e. The fraction of sp³-hybridized carbons (Fsp3) is 1.00. The Kier molecular flexibility index (Phi) is 24.0. The fourth-order valence-corrected chi connectivity index (χ4v) is 3.70. The molecule has 0 aliphatic carbocycles. The van der Waals surface area contributed by atoms with Crippen LogP contribution in [-0.2, 0) is 13.8 Å². The van der Waals surface area contributed by atoms with Crippen LogP contribution >= 0.6 is 8.69 Å². The number of rotatable bonds is 23. The normalized spacial score (nSPS) is 12.7. The van der Waals surface area contributed by atoms with Gasteiger partial charge in [0.25, 0.3) is 0 Å². The second kappa shape index (κ2) is 24.0. The molecule has 0 aromatic carbocycles. The fourth-order valence-electron chi connectivity index (χ4n) is 3.50. The topological polar surface area (TPSA) is 61.6 Å². The number of nitrogens with two attached hydrogens (primary N) is 1. The Hall–Kier alpha value is -0.0200. The summed E-state index contributed by atoms with van der Waals surface area (Å²) in [4.78, 5) is 0. The molecule has 0 bridgehead atoms. The van der Waals surface area contributed by atoms with Crippen LogP contribution in [0.1, 0.15) is 122 Å². The number of hydrogen-bond acceptors (Lipinski definition) is 4. The summed E-state index contributed by atoms with van der Waals surface area (Å²) in [6.07, 6.45) is 23.7. The van der Waals surface area contributed by atoms with Crippen molar-refractivity contribution in [3.63, 3.8) is 0 Å². The van der Waals surface area contributed by atoms with Crippen LogP contribution in [0.15, 0.2) is 0 Å². The number of hydrogen-bond donors (Lipinski definition) is 1. The molecule has 0 fully saturated rings. The molecule has 5 heteroatoms. The summed E-state index contributed by atoms with van der Waals surface area (Å²) in [5, 5.41) is 0. The lowest BCUT2D eigenvalue weighted by molar-refractivity contribution is 0.0597. The molecule has 162 valence electrons. The Morgan fingerprint density at radius 3 is 1.41 bits per heavy atom. The quantitative estimate of drug-likeness (QED) is 0.109. The van der Waals surface area contributed by atoms with Crippen molar-refractivity contribution in [2.45, 2.75) is 129 Å². The Morgan fingerprint density at radius 2 is 1.04 bits per heavy atom. The summed E-state index contributed by atoms with van der Waals surface area (Å²) in [5.41, 5.74) is 5.83. The second-order valence-electron chi connectivity index (χ2n) is 7.70. The van der Waals surface area contributed by atoms with Gasteiger partial charge in [-0.15, -0.1) is 0 Å². The molecular weight excluding hydrogens is 357 g/mol. The van der Waals surface area contributed by atoms with E-state index < -0.39 is 0 Å². The first-order valence-corrected chi connectivity index (χ1v) is 12.4. The smallest absolute Gasteiger partial charge is 0.327 e. The standard InChI is InChI=1S/C22H46NO3P/c1-2-25-22(23)20-18-16-14-12-10-8-6-4-3-5-7-9-11-13-15-17-19-21-26-27-24/h22H,2-21,23H2,1H3. The van der Waals surface area contributed by atoms with Crippen molar-refractivity contribution in [2.75, 3.05) is 13.2 Å². The first-order chi connectivity index (χ1) is 13.3. The molecule has 0 heterocycles. The average Bonchev–Trinajstić information content (AvgIpc) is 2.66. The van der Waals surface area contributed by atoms with Crippen molar-refractivity contribution < 1.29 is 13.8 Å². The van der Waals surface area contributed by atoms with Crippen molar-refractivity contribution in [1.29, 1.82) is 0 Å². The third kappa shape index (κ3) is 23.9. The van der Waals surface area contributed by atoms with E-state index in [-0.39, 0.29) is 14.9 Å². The van der Waals surface area contributed by atoms with Gasteiger partial charge in [0.2, 0.25) is 0 Å². The van der Waals surface area contributed by atoms with Gasteiger partial charge in [0.05, 0.1) is 6.61 Å². The van der Waals surface area contributed by atoms with Crippen molar-refractivity contribution >= 4 is 8.69 Å². The van der Waals surface area contributed by atoms with Crippen LogP contribution in [0, 0.1) is 0 Å². The van der Waals surface area contributed by atoms with Crippen LogP contribution in [0.25, 0.3) is 0 Å². The van der Waals surface area contributed by atoms with Gasteiger partial charge in [-0.25, -0.2) is 4.57 Å². The summed E-state index contributed by atoms with van der Waals surface area (Å²) in [7, 11) is -0.178. The van der Waals surface area contributed by atoms with E-state index in [9.17, 15) is 4.57 Å². The monoisotopic (exact) mass is 403 g/mol. The molecular formula is C22H46NO3P. The first kappa shape index (κ1) is 27.0. The van der Waals surface area contributed by atoms with Gasteiger partial charge in [-0.2, -0.15) is 0 Å². The van der Waals surface area contributed by atoms with E-state index in [0.29, 0.717) is 6.61 Å². The van der Waals surface area contributed by atoms with Crippen molar-refractivity contribution in [2.24, 2.45) is 5.73 Å². The van der Waals surface area contributed by atoms with E-state index >= 15 is 0 Å². The number of ether oxygens (including phenoxy) is 1. The Labute approximate surface area is 170 Å². The maximum absolute atomic E-state index is 10.1. The minimum atomic E-state index is -0.178. The van der Waals surface area contributed by atoms with Crippen LogP contribution in [0.5, 0.6) is 0 Å². The lowest BCUT2D eigenvalue weighted by Crippen LogP contribution is -2.23. The van der Waals surface area contributed by atoms with Gasteiger partial charge >= 0.3 is 8.69 Å². The SMILES string of the molecule is CCOC(N)CCCCCCCCCCCCCCCCCCCOP=O. The minimum absolute atomic E-state index is 0.0507. The molecule has 27 heavy (non-hydrogen) atoms. The highest BCUT2D eigenvalue weighted by atomic mass is 31.1. The summed E-state index contributed by atoms with van der Waals surface area (Å²) in [6.45, 7) is 3.36. The Balaban J connectivity index is 3.02. The molecule has 0 aliphatic rings. The van der Waals surface area contributed by atoms with E-state index in [2.05, 4.69) is 0 Å². The molecule has 0 aliphatic heterocycles. The van der Waals surface area contributed by atoms with Gasteiger partial charge in [0.1, 0.15) is 6.23 Å². The predicted molar refractivity (Wildman–Crippen MR) is 116 cm³/mol. The molecule has 0 saturated carbocycles. The van der Waals surface area contributed by atoms with Crippen LogP contribution < -0.4 is 5.73 Å². The molecule has 4 nitrogen and oxygen atoms in total. The number of unbranched alkanes of at least 4 members (excludes halogenated alkanes) is 16. The molecule has 0 rings (SSSR count). The minimum Gasteiger partial charge on any atom is -0.364 e. The molecule has 0 spiro atoms. The molecule has 0 saturated heterocycles. The molecule has 0 aromatic rings. The van der Waals surface area contributed by atoms with E-state index in [0.717, 1.165) is 19.4 Å². The lowest BCUT2D eigenvalue weighted by atomic mass is 10.0. The zero-order valence-electron chi connectivity index (χ0n) is 18.0. The van der Waals surface area contributed by atoms with Crippen molar-refractivity contribution in [3.8, 4) is 0 Å². The van der Waals surface area contributed by atoms with E-state index in [1.54, 1.807) is 0 Å². The van der Waals surface area contributed by atoms with Gasteiger partial charge in [-0.05, 0) is 26.2 Å². The molecule has 0 aromatic heterocycles. The highest BCUT2D eigenvalue weighted by Gasteiger charge is 2.00. The molecule has 1 unspecified atom stereocenters. The summed E-state index contributed by atoms with van der Waals surface area (Å²) < 4.78 is 20.2. The summed E-state index contributed by atoms with van der Waals surface area (Å²) in [5.74, 6) is 0. The van der Waals surface area contributed by atoms with E-state index in [1.165, 1.54) is 103 Å². The van der Waals surface area contributed by atoms with Crippen LogP contribution in [0.4, 0.5) is 0 Å². The zero-order valence-corrected chi connectivity index (χ0v) is 18.9. The third-order valence-electron chi connectivity index (χ3n) is 5.16. The summed E-state index contributed by atoms with van der Waals surface area (Å²) in [6, 6.07) is 0. The van der Waals surface area contributed by atoms with Crippen LogP contribution in [0.3, 0.4) is 0 Å². The lowest BCUT2D eigenvalue weighted by Gasteiger charge is -2.10. The van der Waals surface area contributed by atoms with Gasteiger partial charge in [-0.1, -0.05) is 96.3 Å². The third-order valence-corrected chi connectivity index (χ3v) is 5.45. The Bertz CT molecular complexity index is 293. The maximum atomic E-state index is 10.1. The highest BCUT2D eigenvalue weighted by Crippen LogP contribution is 2.14. The molecule has 0 radical (unpaired) electrons. The largest absolute Gasteiger partial charge is 0.364 e. The highest BCUT2D eigenvalue weighted by molar-refractivity contribution is 7.17. The van der Waals surface area contributed by atoms with Gasteiger partial charge < -0.3 is 10.5 Å². The van der Waals surface area contributed by atoms with Gasteiger partial charge in [0, 0.05) is 6.61 Å². The van der Waals surface area contributed by atoms with Crippen LogP contribution in [-0.4, -0.2) is 19.4 Å². The van der Waals surface area contributed by atoms with Gasteiger partial charge in [-0.3, -0.25) is 4.52 Å². The van der Waals surface area contributed by atoms with Gasteiger partial charge in [0.15, 0.2) is 0 Å². The van der Waals surface area contributed by atoms with Crippen molar-refractivity contribution in [1.82, 2.24) is 0 Å². The van der Waals surface area contributed by atoms with Crippen molar-refractivity contribution in [3.05, 3.63) is 0 Å². The zero-order chi connectivity index (χ0) is 19.8. The summed E-state index contributed by atoms with van der Waals surface area (Å²) >= 11 is 0. The predicted octanol–water partition coefficient (Wildman–Crippen LogP) is 7.55. The Morgan fingerprint density at radius 1 is 0.667 bits per heavy atom. The second-order valence-corrected chi connectivity index (χ2v) is 8.11. The average molecular weight is 404 g/mol. The van der Waals surface area contributed by atoms with Crippen LogP contribution in [0.2, 0.25) is 0 Å². The van der Waals surface area contributed by atoms with E-state index in [4.69, 9.17) is 15.0 Å².